The number of carbonyl (C=O) groups is 2. The molecule has 0 atom stereocenters. The summed E-state index contributed by atoms with van der Waals surface area (Å²) in [5.74, 6) is -1.66. The molecule has 0 aliphatic carbocycles. The predicted molar refractivity (Wildman–Crippen MR) is 49.6 cm³/mol. The summed E-state index contributed by atoms with van der Waals surface area (Å²) in [4.78, 5) is 19.5. The molecular weight excluding hydrogens is 172 g/mol. The highest BCUT2D eigenvalue weighted by molar-refractivity contribution is 5.68. The molecule has 0 aromatic rings. The SMILES string of the molecule is CC(C)C(=O)O.CCCCC(=O)O. The van der Waals surface area contributed by atoms with Crippen molar-refractivity contribution in [1.82, 2.24) is 0 Å². The van der Waals surface area contributed by atoms with Crippen molar-refractivity contribution < 1.29 is 19.8 Å². The van der Waals surface area contributed by atoms with Crippen LogP contribution in [0.4, 0.5) is 0 Å². The molecule has 78 valence electrons. The smallest absolute Gasteiger partial charge is 0.305 e. The molecule has 0 bridgehead atoms. The van der Waals surface area contributed by atoms with Crippen molar-refractivity contribution in [3.05, 3.63) is 0 Å². The molecule has 0 rings (SSSR count). The van der Waals surface area contributed by atoms with Crippen LogP contribution in [0, 0.1) is 5.92 Å². The van der Waals surface area contributed by atoms with Crippen molar-refractivity contribution in [2.24, 2.45) is 5.92 Å². The Hall–Kier alpha value is -1.06. The van der Waals surface area contributed by atoms with E-state index in [9.17, 15) is 9.59 Å². The number of hydrogen-bond acceptors (Lipinski definition) is 2. The average Bonchev–Trinajstić information content (AvgIpc) is 2.01. The number of rotatable bonds is 4. The fourth-order valence-corrected chi connectivity index (χ4v) is 0.328. The van der Waals surface area contributed by atoms with E-state index in [1.165, 1.54) is 0 Å². The Balaban J connectivity index is 0. The minimum Gasteiger partial charge on any atom is -0.481 e. The van der Waals surface area contributed by atoms with E-state index in [0.29, 0.717) is 6.42 Å². The minimum atomic E-state index is -0.741. The van der Waals surface area contributed by atoms with Crippen LogP contribution in [0.3, 0.4) is 0 Å². The van der Waals surface area contributed by atoms with Crippen molar-refractivity contribution in [3.63, 3.8) is 0 Å². The maximum Gasteiger partial charge on any atom is 0.305 e. The summed E-state index contributed by atoms with van der Waals surface area (Å²) in [7, 11) is 0. The lowest BCUT2D eigenvalue weighted by molar-refractivity contribution is -0.140. The van der Waals surface area contributed by atoms with Crippen LogP contribution >= 0.6 is 0 Å². The van der Waals surface area contributed by atoms with Crippen LogP contribution < -0.4 is 0 Å². The lowest BCUT2D eigenvalue weighted by Crippen LogP contribution is -2.03. The van der Waals surface area contributed by atoms with E-state index < -0.39 is 11.9 Å². The third-order valence-corrected chi connectivity index (χ3v) is 1.24. The normalized spacial score (nSPS) is 8.92. The number of hydrogen-bond donors (Lipinski definition) is 2. The Morgan fingerprint density at radius 3 is 1.69 bits per heavy atom. The lowest BCUT2D eigenvalue weighted by Gasteiger charge is -1.89. The summed E-state index contributed by atoms with van der Waals surface area (Å²) >= 11 is 0. The summed E-state index contributed by atoms with van der Waals surface area (Å²) in [6.07, 6.45) is 2.08. The molecule has 0 radical (unpaired) electrons. The van der Waals surface area contributed by atoms with E-state index in [2.05, 4.69) is 0 Å². The molecule has 4 nitrogen and oxygen atoms in total. The quantitative estimate of drug-likeness (QED) is 0.710. The van der Waals surface area contributed by atoms with Crippen molar-refractivity contribution in [2.75, 3.05) is 0 Å². The van der Waals surface area contributed by atoms with Crippen molar-refractivity contribution in [2.45, 2.75) is 40.0 Å². The van der Waals surface area contributed by atoms with Gasteiger partial charge in [-0.1, -0.05) is 27.2 Å². The van der Waals surface area contributed by atoms with Gasteiger partial charge in [-0.15, -0.1) is 0 Å². The average molecular weight is 190 g/mol. The monoisotopic (exact) mass is 190 g/mol. The summed E-state index contributed by atoms with van der Waals surface area (Å²) in [6.45, 7) is 5.26. The first-order chi connectivity index (χ1) is 5.91. The second kappa shape index (κ2) is 9.03. The highest BCUT2D eigenvalue weighted by atomic mass is 16.4. The Labute approximate surface area is 78.6 Å². The molecule has 0 aromatic carbocycles. The van der Waals surface area contributed by atoms with E-state index >= 15 is 0 Å². The van der Waals surface area contributed by atoms with E-state index in [0.717, 1.165) is 12.8 Å². The zero-order valence-corrected chi connectivity index (χ0v) is 8.41. The van der Waals surface area contributed by atoms with Gasteiger partial charge < -0.3 is 10.2 Å². The van der Waals surface area contributed by atoms with Crippen LogP contribution in [0.25, 0.3) is 0 Å². The minimum absolute atomic E-state index is 0.231. The molecule has 0 unspecified atom stereocenters. The number of unbranched alkanes of at least 4 members (excludes halogenated alkanes) is 1. The highest BCUT2D eigenvalue weighted by Crippen LogP contribution is 1.91. The lowest BCUT2D eigenvalue weighted by atomic mass is 10.2. The van der Waals surface area contributed by atoms with Crippen molar-refractivity contribution in [1.29, 1.82) is 0 Å². The van der Waals surface area contributed by atoms with Gasteiger partial charge in [-0.2, -0.15) is 0 Å². The topological polar surface area (TPSA) is 74.6 Å². The molecular formula is C9H18O4. The zero-order valence-electron chi connectivity index (χ0n) is 8.41. The van der Waals surface area contributed by atoms with Gasteiger partial charge in [0.2, 0.25) is 0 Å². The Bertz CT molecular complexity index is 152. The molecule has 0 aromatic heterocycles. The van der Waals surface area contributed by atoms with Crippen LogP contribution in [0.15, 0.2) is 0 Å². The van der Waals surface area contributed by atoms with Gasteiger partial charge in [0.25, 0.3) is 0 Å². The Morgan fingerprint density at radius 1 is 1.23 bits per heavy atom. The van der Waals surface area contributed by atoms with Gasteiger partial charge >= 0.3 is 11.9 Å². The number of carboxylic acids is 2. The molecule has 13 heavy (non-hydrogen) atoms. The summed E-state index contributed by atoms with van der Waals surface area (Å²) in [5.41, 5.74) is 0. The fourth-order valence-electron chi connectivity index (χ4n) is 0.328. The third kappa shape index (κ3) is 18.2. The molecule has 0 saturated heterocycles. The maximum atomic E-state index is 9.76. The molecule has 0 aliphatic heterocycles. The first-order valence-electron chi connectivity index (χ1n) is 4.36. The predicted octanol–water partition coefficient (Wildman–Crippen LogP) is 1.99. The second-order valence-corrected chi connectivity index (χ2v) is 2.99. The highest BCUT2D eigenvalue weighted by Gasteiger charge is 1.99. The molecule has 0 heterocycles. The van der Waals surface area contributed by atoms with Crippen LogP contribution in [0.1, 0.15) is 40.0 Å². The number of aliphatic carboxylic acids is 2. The van der Waals surface area contributed by atoms with Gasteiger partial charge in [-0.05, 0) is 6.42 Å². The fraction of sp³-hybridized carbons (Fsp3) is 0.778. The van der Waals surface area contributed by atoms with Gasteiger partial charge in [0.05, 0.1) is 5.92 Å². The van der Waals surface area contributed by atoms with E-state index in [1.54, 1.807) is 13.8 Å². The Morgan fingerprint density at radius 2 is 1.62 bits per heavy atom. The van der Waals surface area contributed by atoms with Gasteiger partial charge in [-0.3, -0.25) is 9.59 Å². The molecule has 0 aliphatic rings. The van der Waals surface area contributed by atoms with Crippen molar-refractivity contribution in [3.8, 4) is 0 Å². The van der Waals surface area contributed by atoms with Crippen LogP contribution in [0.5, 0.6) is 0 Å². The van der Waals surface area contributed by atoms with Crippen LogP contribution in [0.2, 0.25) is 0 Å². The van der Waals surface area contributed by atoms with Gasteiger partial charge in [0.1, 0.15) is 0 Å². The standard InChI is InChI=1S/C5H10O2.C4H8O2/c1-2-3-4-5(6)7;1-3(2)4(5)6/h2-4H2,1H3,(H,6,7);3H,1-2H3,(H,5,6). The molecule has 0 saturated carbocycles. The van der Waals surface area contributed by atoms with E-state index in [1.807, 2.05) is 6.92 Å². The molecule has 4 heteroatoms. The van der Waals surface area contributed by atoms with Crippen LogP contribution in [-0.2, 0) is 9.59 Å². The summed E-state index contributed by atoms with van der Waals surface area (Å²) in [5, 5.41) is 16.0. The van der Waals surface area contributed by atoms with Gasteiger partial charge in [0.15, 0.2) is 0 Å². The van der Waals surface area contributed by atoms with Gasteiger partial charge in [-0.25, -0.2) is 0 Å². The summed E-state index contributed by atoms with van der Waals surface area (Å²) < 4.78 is 0. The molecule has 0 amide bonds. The third-order valence-electron chi connectivity index (χ3n) is 1.24. The zero-order chi connectivity index (χ0) is 10.9. The molecule has 0 fully saturated rings. The largest absolute Gasteiger partial charge is 0.481 e. The first-order valence-corrected chi connectivity index (χ1v) is 4.36. The van der Waals surface area contributed by atoms with Crippen LogP contribution in [-0.4, -0.2) is 22.2 Å². The molecule has 0 spiro atoms. The number of carboxylic acid groups (broad SMARTS) is 2. The first kappa shape index (κ1) is 14.5. The Kier molecular flexibility index (Phi) is 10.0. The van der Waals surface area contributed by atoms with Crippen molar-refractivity contribution >= 4 is 11.9 Å². The van der Waals surface area contributed by atoms with E-state index in [-0.39, 0.29) is 5.92 Å². The second-order valence-electron chi connectivity index (χ2n) is 2.99. The van der Waals surface area contributed by atoms with Gasteiger partial charge in [0, 0.05) is 6.42 Å². The van der Waals surface area contributed by atoms with E-state index in [4.69, 9.17) is 10.2 Å². The maximum absolute atomic E-state index is 9.76. The summed E-state index contributed by atoms with van der Waals surface area (Å²) in [6, 6.07) is 0. The molecule has 2 N–H and O–H groups in total.